The standard InChI is InChI=1S/C44H46ClN7O4/c1-31(11-8-9-24-49-28-39(47-48-49)37(29-53)33-13-4-2-5-14-33)44(56)38-26-34(45)18-19-40(38)50(42(44)55)27-32-12-10-17-36(25-32)51-30-52(35-15-6-3-7-16-35)43(41(51)54)20-22-46-23-21-43/h2-8,10-19,25-26,28,31,37,46,53,56H,9,20-24,27,29-30H2,1H3/b11-8+/t31-,37?,44+/m1/s1. The van der Waals surface area contributed by atoms with Gasteiger partial charge in [-0.1, -0.05) is 96.6 Å². The molecular formula is C44H46ClN7O4. The number of rotatable bonds is 12. The van der Waals surface area contributed by atoms with Gasteiger partial charge in [-0.25, -0.2) is 0 Å². The molecule has 3 N–H and O–H groups in total. The summed E-state index contributed by atoms with van der Waals surface area (Å²) in [6, 6.07) is 32.8. The number of anilines is 3. The van der Waals surface area contributed by atoms with Gasteiger partial charge in [0.25, 0.3) is 11.8 Å². The lowest BCUT2D eigenvalue weighted by molar-refractivity contribution is -0.139. The maximum Gasteiger partial charge on any atom is 0.264 e. The molecule has 2 amide bonds. The minimum absolute atomic E-state index is 0.0784. The first kappa shape index (κ1) is 37.6. The highest BCUT2D eigenvalue weighted by Crippen LogP contribution is 2.47. The van der Waals surface area contributed by atoms with E-state index in [1.165, 1.54) is 0 Å². The van der Waals surface area contributed by atoms with Crippen molar-refractivity contribution in [2.45, 2.75) is 56.3 Å². The second kappa shape index (κ2) is 15.7. The third-order valence-electron chi connectivity index (χ3n) is 11.6. The largest absolute Gasteiger partial charge is 0.395 e. The first-order chi connectivity index (χ1) is 27.2. The van der Waals surface area contributed by atoms with Gasteiger partial charge in [0.2, 0.25) is 0 Å². The van der Waals surface area contributed by atoms with E-state index in [-0.39, 0.29) is 25.0 Å². The normalized spacial score (nSPS) is 20.3. The van der Waals surface area contributed by atoms with Crippen molar-refractivity contribution >= 4 is 40.5 Å². The Balaban J connectivity index is 0.985. The number of hydrogen-bond acceptors (Lipinski definition) is 8. The summed E-state index contributed by atoms with van der Waals surface area (Å²) >= 11 is 6.47. The monoisotopic (exact) mass is 771 g/mol. The highest BCUT2D eigenvalue weighted by Gasteiger charge is 2.54. The summed E-state index contributed by atoms with van der Waals surface area (Å²) in [5.74, 6) is -1.20. The molecule has 4 aromatic carbocycles. The number of aliphatic hydroxyl groups excluding tert-OH is 1. The number of allylic oxidation sites excluding steroid dienone is 1. The summed E-state index contributed by atoms with van der Waals surface area (Å²) in [5, 5.41) is 34.7. The number of benzene rings is 4. The number of aromatic nitrogens is 3. The lowest BCUT2D eigenvalue weighted by atomic mass is 9.83. The van der Waals surface area contributed by atoms with E-state index in [0.717, 1.165) is 35.6 Å². The van der Waals surface area contributed by atoms with Crippen molar-refractivity contribution in [2.75, 3.05) is 41.1 Å². The number of carbonyl (C=O) groups excluding carboxylic acids is 2. The first-order valence-electron chi connectivity index (χ1n) is 19.2. The van der Waals surface area contributed by atoms with Crippen LogP contribution in [-0.2, 0) is 28.3 Å². The Bertz CT molecular complexity index is 2220. The van der Waals surface area contributed by atoms with Crippen LogP contribution in [0.4, 0.5) is 17.1 Å². The zero-order valence-corrected chi connectivity index (χ0v) is 32.1. The molecule has 4 heterocycles. The Morgan fingerprint density at radius 2 is 1.64 bits per heavy atom. The Hall–Kier alpha value is -5.33. The fourth-order valence-electron chi connectivity index (χ4n) is 8.53. The molecule has 3 aliphatic rings. The van der Waals surface area contributed by atoms with E-state index in [1.807, 2.05) is 103 Å². The molecule has 8 rings (SSSR count). The number of halogens is 1. The molecule has 11 nitrogen and oxygen atoms in total. The van der Waals surface area contributed by atoms with Gasteiger partial charge in [-0.2, -0.15) is 0 Å². The minimum atomic E-state index is -1.85. The van der Waals surface area contributed by atoms with Crippen LogP contribution >= 0.6 is 11.6 Å². The number of aryl methyl sites for hydroxylation is 1. The van der Waals surface area contributed by atoms with Crippen molar-refractivity contribution in [3.8, 4) is 0 Å². The third-order valence-corrected chi connectivity index (χ3v) is 11.9. The molecule has 56 heavy (non-hydrogen) atoms. The van der Waals surface area contributed by atoms with Crippen LogP contribution in [0.15, 0.2) is 121 Å². The molecule has 1 spiro atoms. The molecule has 1 unspecified atom stereocenters. The number of fused-ring (bicyclic) bond motifs is 1. The van der Waals surface area contributed by atoms with Gasteiger partial charge in [-0.15, -0.1) is 5.10 Å². The fourth-order valence-corrected chi connectivity index (χ4v) is 8.70. The fraction of sp³-hybridized carbons (Fsp3) is 0.318. The van der Waals surface area contributed by atoms with Crippen molar-refractivity contribution in [2.24, 2.45) is 5.92 Å². The Kier molecular flexibility index (Phi) is 10.5. The van der Waals surface area contributed by atoms with Crippen LogP contribution in [0.3, 0.4) is 0 Å². The molecule has 0 saturated carbocycles. The van der Waals surface area contributed by atoms with E-state index < -0.39 is 23.0 Å². The summed E-state index contributed by atoms with van der Waals surface area (Å²) in [4.78, 5) is 34.4. The molecular weight excluding hydrogens is 726 g/mol. The predicted molar refractivity (Wildman–Crippen MR) is 217 cm³/mol. The number of piperidine rings is 1. The maximum absolute atomic E-state index is 14.4. The number of aliphatic hydroxyl groups is 2. The quantitative estimate of drug-likeness (QED) is 0.132. The van der Waals surface area contributed by atoms with Gasteiger partial charge in [-0.05, 0) is 85.9 Å². The summed E-state index contributed by atoms with van der Waals surface area (Å²) in [7, 11) is 0. The predicted octanol–water partition coefficient (Wildman–Crippen LogP) is 6.01. The van der Waals surface area contributed by atoms with Crippen LogP contribution in [0.1, 0.15) is 54.5 Å². The summed E-state index contributed by atoms with van der Waals surface area (Å²) in [6.07, 6.45) is 7.65. The topological polar surface area (TPSA) is 127 Å². The van der Waals surface area contributed by atoms with E-state index in [0.29, 0.717) is 54.4 Å². The molecule has 2 saturated heterocycles. The van der Waals surface area contributed by atoms with E-state index in [1.54, 1.807) is 27.8 Å². The number of amides is 2. The molecule has 0 radical (unpaired) electrons. The Labute approximate surface area is 331 Å². The van der Waals surface area contributed by atoms with Crippen LogP contribution in [0.25, 0.3) is 0 Å². The van der Waals surface area contributed by atoms with E-state index >= 15 is 0 Å². The molecule has 12 heteroatoms. The van der Waals surface area contributed by atoms with Gasteiger partial charge in [0.1, 0.15) is 5.54 Å². The first-order valence-corrected chi connectivity index (χ1v) is 19.6. The second-order valence-electron chi connectivity index (χ2n) is 15.0. The van der Waals surface area contributed by atoms with Gasteiger partial charge in [0, 0.05) is 40.6 Å². The smallest absolute Gasteiger partial charge is 0.264 e. The van der Waals surface area contributed by atoms with Gasteiger partial charge < -0.3 is 25.3 Å². The highest BCUT2D eigenvalue weighted by molar-refractivity contribution is 6.31. The lowest BCUT2D eigenvalue weighted by Gasteiger charge is -2.39. The summed E-state index contributed by atoms with van der Waals surface area (Å²) < 4.78 is 1.73. The van der Waals surface area contributed by atoms with E-state index in [4.69, 9.17) is 11.6 Å². The van der Waals surface area contributed by atoms with Crippen LogP contribution in [0.5, 0.6) is 0 Å². The average molecular weight is 772 g/mol. The summed E-state index contributed by atoms with van der Waals surface area (Å²) in [5.41, 5.74) is 2.85. The number of nitrogens with zero attached hydrogens (tertiary/aromatic N) is 6. The van der Waals surface area contributed by atoms with Gasteiger partial charge in [0.05, 0.1) is 37.1 Å². The number of carbonyl (C=O) groups is 2. The minimum Gasteiger partial charge on any atom is -0.395 e. The van der Waals surface area contributed by atoms with Crippen molar-refractivity contribution < 1.29 is 19.8 Å². The van der Waals surface area contributed by atoms with Crippen molar-refractivity contribution in [1.29, 1.82) is 0 Å². The summed E-state index contributed by atoms with van der Waals surface area (Å²) in [6.45, 7) is 4.44. The van der Waals surface area contributed by atoms with Crippen LogP contribution in [-0.4, -0.2) is 68.9 Å². The van der Waals surface area contributed by atoms with Crippen LogP contribution in [0, 0.1) is 5.92 Å². The molecule has 0 aliphatic carbocycles. The molecule has 0 bridgehead atoms. The maximum atomic E-state index is 14.4. The number of nitrogens with one attached hydrogen (secondary N) is 1. The van der Waals surface area contributed by atoms with Gasteiger partial charge in [-0.3, -0.25) is 19.2 Å². The number of para-hydroxylation sites is 1. The molecule has 288 valence electrons. The Morgan fingerprint density at radius 3 is 2.39 bits per heavy atom. The Morgan fingerprint density at radius 1 is 0.911 bits per heavy atom. The zero-order valence-electron chi connectivity index (χ0n) is 31.3. The van der Waals surface area contributed by atoms with Crippen molar-refractivity contribution in [3.05, 3.63) is 149 Å². The van der Waals surface area contributed by atoms with Crippen LogP contribution in [0.2, 0.25) is 5.02 Å². The van der Waals surface area contributed by atoms with E-state index in [2.05, 4.69) is 32.7 Å². The van der Waals surface area contributed by atoms with Gasteiger partial charge in [0.15, 0.2) is 5.60 Å². The van der Waals surface area contributed by atoms with Crippen molar-refractivity contribution in [1.82, 2.24) is 20.3 Å². The van der Waals surface area contributed by atoms with E-state index in [9.17, 15) is 19.8 Å². The highest BCUT2D eigenvalue weighted by atomic mass is 35.5. The van der Waals surface area contributed by atoms with Crippen molar-refractivity contribution in [3.63, 3.8) is 0 Å². The average Bonchev–Trinajstić information content (AvgIpc) is 3.86. The molecule has 3 atom stereocenters. The molecule has 2 fully saturated rings. The SMILES string of the molecule is C[C@H](/C=C/CCn1cc(C(CO)c2ccccc2)nn1)[C@@]1(O)C(=O)N(Cc2cccc(N3CN(c4ccccc4)C4(CCNCC4)C3=O)c2)c2ccc(Cl)cc21. The zero-order chi connectivity index (χ0) is 38.9. The lowest BCUT2D eigenvalue weighted by Crippen LogP contribution is -2.55. The number of hydrogen-bond donors (Lipinski definition) is 3. The van der Waals surface area contributed by atoms with Gasteiger partial charge >= 0.3 is 0 Å². The molecule has 5 aromatic rings. The molecule has 1 aromatic heterocycles. The molecule has 3 aliphatic heterocycles. The third kappa shape index (κ3) is 6.79. The second-order valence-corrected chi connectivity index (χ2v) is 15.4. The van der Waals surface area contributed by atoms with Crippen LogP contribution < -0.4 is 20.0 Å².